The number of likely N-dealkylation sites (tertiary alicyclic amines) is 1. The van der Waals surface area contributed by atoms with Crippen LogP contribution >= 0.6 is 0 Å². The molecule has 6 heteroatoms. The van der Waals surface area contributed by atoms with Gasteiger partial charge < -0.3 is 19.1 Å². The summed E-state index contributed by atoms with van der Waals surface area (Å²) in [5, 5.41) is 0. The molecule has 0 N–H and O–H groups in total. The van der Waals surface area contributed by atoms with Crippen LogP contribution in [0.3, 0.4) is 0 Å². The summed E-state index contributed by atoms with van der Waals surface area (Å²) >= 11 is 0. The molecule has 3 unspecified atom stereocenters. The maximum atomic E-state index is 12.8. The summed E-state index contributed by atoms with van der Waals surface area (Å²) < 4.78 is 17.5. The Bertz CT molecular complexity index is 642. The van der Waals surface area contributed by atoms with Crippen molar-refractivity contribution in [3.63, 3.8) is 0 Å². The highest BCUT2D eigenvalue weighted by Crippen LogP contribution is 2.22. The molecule has 0 bridgehead atoms. The van der Waals surface area contributed by atoms with Gasteiger partial charge in [0.05, 0.1) is 25.2 Å². The number of carbonyl (C=O) groups excluding carboxylic acids is 2. The highest BCUT2D eigenvalue weighted by Gasteiger charge is 2.34. The Hall–Kier alpha value is -1.14. The molecule has 1 rings (SSSR count). The number of rotatable bonds is 28. The molecule has 0 aromatic rings. The van der Waals surface area contributed by atoms with Gasteiger partial charge in [-0.15, -0.1) is 0 Å². The van der Waals surface area contributed by atoms with Crippen LogP contribution in [-0.4, -0.2) is 62.9 Å². The Kier molecular flexibility index (Phi) is 25.4. The quantitative estimate of drug-likeness (QED) is 0.0663. The molecule has 1 fully saturated rings. The third kappa shape index (κ3) is 20.7. The fourth-order valence-electron chi connectivity index (χ4n) is 5.93. The van der Waals surface area contributed by atoms with E-state index in [-0.39, 0.29) is 24.0 Å². The molecular weight excluding hydrogens is 526 g/mol. The topological polar surface area (TPSA) is 65.1 Å². The van der Waals surface area contributed by atoms with Crippen LogP contribution in [0.2, 0.25) is 0 Å². The van der Waals surface area contributed by atoms with Gasteiger partial charge in [-0.05, 0) is 58.0 Å². The van der Waals surface area contributed by atoms with Crippen molar-refractivity contribution in [3.8, 4) is 0 Å². The Labute approximate surface area is 260 Å². The Morgan fingerprint density at radius 1 is 0.690 bits per heavy atom. The van der Waals surface area contributed by atoms with E-state index in [4.69, 9.17) is 14.2 Å². The molecule has 0 amide bonds. The Morgan fingerprint density at radius 2 is 1.26 bits per heavy atom. The standard InChI is InChI=1S/C36H69NO5/c1-5-8-11-13-14-17-21-28-40-34-30-37(4)27-26-33(34)36(39)41-29-22-18-15-16-20-25-35(38)42-31-32(23-10-7-3)24-19-12-9-6-2/h32-34H,5-31H2,1-4H3. The van der Waals surface area contributed by atoms with Crippen LogP contribution in [0, 0.1) is 11.8 Å². The summed E-state index contributed by atoms with van der Waals surface area (Å²) in [5.41, 5.74) is 0. The zero-order valence-corrected chi connectivity index (χ0v) is 28.3. The van der Waals surface area contributed by atoms with Crippen molar-refractivity contribution >= 4 is 11.9 Å². The summed E-state index contributed by atoms with van der Waals surface area (Å²) in [6.07, 6.45) is 24.8. The molecule has 0 aromatic heterocycles. The average Bonchev–Trinajstić information content (AvgIpc) is 2.98. The molecule has 1 saturated heterocycles. The first-order valence-corrected chi connectivity index (χ1v) is 18.1. The third-order valence-electron chi connectivity index (χ3n) is 8.83. The SMILES string of the molecule is CCCCCCCCCOC1CN(C)CCC1C(=O)OCCCCCCCC(=O)OCC(CCCC)CCCCCC. The fraction of sp³-hybridized carbons (Fsp3) is 0.944. The second-order valence-corrected chi connectivity index (χ2v) is 12.9. The minimum atomic E-state index is -0.144. The van der Waals surface area contributed by atoms with Crippen LogP contribution in [-0.2, 0) is 23.8 Å². The molecule has 248 valence electrons. The van der Waals surface area contributed by atoms with Crippen molar-refractivity contribution in [1.82, 2.24) is 4.90 Å². The van der Waals surface area contributed by atoms with Crippen molar-refractivity contribution in [2.24, 2.45) is 11.8 Å². The minimum Gasteiger partial charge on any atom is -0.465 e. The van der Waals surface area contributed by atoms with Crippen LogP contribution < -0.4 is 0 Å². The molecule has 1 heterocycles. The van der Waals surface area contributed by atoms with Crippen molar-refractivity contribution in [2.75, 3.05) is 40.0 Å². The van der Waals surface area contributed by atoms with Crippen molar-refractivity contribution < 1.29 is 23.8 Å². The molecule has 1 aliphatic rings. The number of ether oxygens (including phenoxy) is 3. The molecule has 0 spiro atoms. The van der Waals surface area contributed by atoms with Crippen molar-refractivity contribution in [2.45, 2.75) is 168 Å². The van der Waals surface area contributed by atoms with E-state index in [1.54, 1.807) is 0 Å². The number of unbranched alkanes of at least 4 members (excludes halogenated alkanes) is 14. The van der Waals surface area contributed by atoms with E-state index in [2.05, 4.69) is 32.7 Å². The van der Waals surface area contributed by atoms with E-state index in [9.17, 15) is 9.59 Å². The van der Waals surface area contributed by atoms with Gasteiger partial charge in [0, 0.05) is 19.6 Å². The molecule has 3 atom stereocenters. The lowest BCUT2D eigenvalue weighted by molar-refractivity contribution is -0.158. The van der Waals surface area contributed by atoms with Gasteiger partial charge in [-0.3, -0.25) is 9.59 Å². The normalized spacial score (nSPS) is 18.2. The average molecular weight is 596 g/mol. The van der Waals surface area contributed by atoms with Gasteiger partial charge in [0.2, 0.25) is 0 Å². The van der Waals surface area contributed by atoms with E-state index >= 15 is 0 Å². The number of nitrogens with zero attached hydrogens (tertiary/aromatic N) is 1. The second-order valence-electron chi connectivity index (χ2n) is 12.9. The van der Waals surface area contributed by atoms with Gasteiger partial charge >= 0.3 is 11.9 Å². The van der Waals surface area contributed by atoms with Gasteiger partial charge in [-0.25, -0.2) is 0 Å². The third-order valence-corrected chi connectivity index (χ3v) is 8.83. The number of likely N-dealkylation sites (N-methyl/N-ethyl adjacent to an activating group) is 1. The maximum absolute atomic E-state index is 12.8. The molecule has 0 radical (unpaired) electrons. The number of esters is 2. The second kappa shape index (κ2) is 27.4. The Morgan fingerprint density at radius 3 is 1.95 bits per heavy atom. The van der Waals surface area contributed by atoms with E-state index in [1.165, 1.54) is 89.9 Å². The van der Waals surface area contributed by atoms with E-state index in [0.29, 0.717) is 25.6 Å². The Balaban J connectivity index is 2.13. The number of hydrogen-bond acceptors (Lipinski definition) is 6. The first-order chi connectivity index (χ1) is 20.5. The monoisotopic (exact) mass is 596 g/mol. The molecule has 0 aliphatic carbocycles. The van der Waals surface area contributed by atoms with Gasteiger partial charge in [0.1, 0.15) is 0 Å². The lowest BCUT2D eigenvalue weighted by atomic mass is 9.94. The predicted octanol–water partition coefficient (Wildman–Crippen LogP) is 9.28. The molecular formula is C36H69NO5. The van der Waals surface area contributed by atoms with Crippen LogP contribution in [0.15, 0.2) is 0 Å². The minimum absolute atomic E-state index is 0.0409. The maximum Gasteiger partial charge on any atom is 0.311 e. The summed E-state index contributed by atoms with van der Waals surface area (Å²) in [6, 6.07) is 0. The van der Waals surface area contributed by atoms with Crippen molar-refractivity contribution in [3.05, 3.63) is 0 Å². The number of carbonyl (C=O) groups is 2. The first kappa shape index (κ1) is 38.9. The molecule has 0 saturated carbocycles. The van der Waals surface area contributed by atoms with Gasteiger partial charge in [0.15, 0.2) is 0 Å². The fourth-order valence-corrected chi connectivity index (χ4v) is 5.93. The smallest absolute Gasteiger partial charge is 0.311 e. The molecule has 1 aliphatic heterocycles. The van der Waals surface area contributed by atoms with Gasteiger partial charge in [0.25, 0.3) is 0 Å². The van der Waals surface area contributed by atoms with Crippen LogP contribution in [0.25, 0.3) is 0 Å². The van der Waals surface area contributed by atoms with E-state index < -0.39 is 0 Å². The zero-order chi connectivity index (χ0) is 30.7. The summed E-state index contributed by atoms with van der Waals surface area (Å²) in [7, 11) is 2.10. The molecule has 42 heavy (non-hydrogen) atoms. The molecule has 0 aromatic carbocycles. The van der Waals surface area contributed by atoms with Crippen LogP contribution in [0.4, 0.5) is 0 Å². The van der Waals surface area contributed by atoms with Gasteiger partial charge in [-0.1, -0.05) is 117 Å². The number of piperidine rings is 1. The first-order valence-electron chi connectivity index (χ1n) is 18.1. The van der Waals surface area contributed by atoms with Crippen molar-refractivity contribution in [1.29, 1.82) is 0 Å². The van der Waals surface area contributed by atoms with E-state index in [1.807, 2.05) is 0 Å². The van der Waals surface area contributed by atoms with Gasteiger partial charge in [-0.2, -0.15) is 0 Å². The van der Waals surface area contributed by atoms with E-state index in [0.717, 1.165) is 64.6 Å². The summed E-state index contributed by atoms with van der Waals surface area (Å²) in [4.78, 5) is 27.4. The highest BCUT2D eigenvalue weighted by molar-refractivity contribution is 5.73. The zero-order valence-electron chi connectivity index (χ0n) is 28.3. The van der Waals surface area contributed by atoms with Crippen LogP contribution in [0.1, 0.15) is 162 Å². The predicted molar refractivity (Wildman–Crippen MR) is 175 cm³/mol. The van der Waals surface area contributed by atoms with Crippen LogP contribution in [0.5, 0.6) is 0 Å². The lowest BCUT2D eigenvalue weighted by Gasteiger charge is -2.35. The lowest BCUT2D eigenvalue weighted by Crippen LogP contribution is -2.47. The number of hydrogen-bond donors (Lipinski definition) is 0. The largest absolute Gasteiger partial charge is 0.465 e. The summed E-state index contributed by atoms with van der Waals surface area (Å²) in [6.45, 7) is 10.2. The highest BCUT2D eigenvalue weighted by atomic mass is 16.5. The molecule has 6 nitrogen and oxygen atoms in total. The summed E-state index contributed by atoms with van der Waals surface area (Å²) in [5.74, 6) is 0.253.